The third-order valence-corrected chi connectivity index (χ3v) is 3.94. The molecule has 5 heteroatoms. The van der Waals surface area contributed by atoms with Crippen molar-refractivity contribution in [1.29, 1.82) is 0 Å². The third-order valence-electron chi connectivity index (χ3n) is 3.94. The summed E-state index contributed by atoms with van der Waals surface area (Å²) in [6.45, 7) is 3.85. The summed E-state index contributed by atoms with van der Waals surface area (Å²) in [6.07, 6.45) is 6.76. The van der Waals surface area contributed by atoms with Crippen molar-refractivity contribution in [2.75, 3.05) is 13.1 Å². The molecule has 17 heavy (non-hydrogen) atoms. The Morgan fingerprint density at radius 3 is 2.53 bits per heavy atom. The van der Waals surface area contributed by atoms with Crippen molar-refractivity contribution in [2.45, 2.75) is 38.1 Å². The fraction of sp³-hybridized carbons (Fsp3) is 0.667. The van der Waals surface area contributed by atoms with Crippen LogP contribution in [0.4, 0.5) is 4.39 Å². The van der Waals surface area contributed by atoms with Crippen LogP contribution in [0.3, 0.4) is 0 Å². The average molecular weight is 239 g/mol. The third kappa shape index (κ3) is 2.46. The largest absolute Gasteiger partial charge is 0.486 e. The zero-order valence-electron chi connectivity index (χ0n) is 10.2. The Morgan fingerprint density at radius 2 is 1.94 bits per heavy atom. The molecule has 1 atom stereocenters. The minimum atomic E-state index is -1.58. The van der Waals surface area contributed by atoms with Crippen LogP contribution in [0, 0.1) is 0 Å². The van der Waals surface area contributed by atoms with E-state index in [-0.39, 0.29) is 5.83 Å². The van der Waals surface area contributed by atoms with E-state index in [2.05, 4.69) is 4.90 Å². The van der Waals surface area contributed by atoms with Crippen LogP contribution in [0.1, 0.15) is 32.6 Å². The molecule has 0 aromatic carbocycles. The van der Waals surface area contributed by atoms with Gasteiger partial charge in [0.2, 0.25) is 0 Å². The van der Waals surface area contributed by atoms with Gasteiger partial charge in [-0.3, -0.25) is 4.90 Å². The quantitative estimate of drug-likeness (QED) is 0.716. The van der Waals surface area contributed by atoms with Gasteiger partial charge in [-0.1, -0.05) is 6.42 Å². The number of rotatable bonds is 2. The molecule has 0 aromatic heterocycles. The molecule has 0 radical (unpaired) electrons. The van der Waals surface area contributed by atoms with Crippen molar-refractivity contribution in [1.82, 2.24) is 4.90 Å². The number of piperidine rings is 1. The van der Waals surface area contributed by atoms with Crippen molar-refractivity contribution in [3.05, 3.63) is 23.5 Å². The van der Waals surface area contributed by atoms with Crippen molar-refractivity contribution in [3.8, 4) is 0 Å². The number of nitrogens with zero attached hydrogens (tertiary/aromatic N) is 1. The Bertz CT molecular complexity index is 350. The van der Waals surface area contributed by atoms with Gasteiger partial charge in [-0.25, -0.2) is 4.39 Å². The lowest BCUT2D eigenvalue weighted by Gasteiger charge is -2.45. The summed E-state index contributed by atoms with van der Waals surface area (Å²) in [5, 5.41) is 18.9. The van der Waals surface area contributed by atoms with Crippen LogP contribution in [0.2, 0.25) is 0 Å². The summed E-state index contributed by atoms with van der Waals surface area (Å²) in [5.41, 5.74) is -0.0797. The molecular weight excluding hydrogens is 220 g/mol. The van der Waals surface area contributed by atoms with E-state index in [1.54, 1.807) is 0 Å². The zero-order valence-corrected chi connectivity index (χ0v) is 10.2. The summed E-state index contributed by atoms with van der Waals surface area (Å²) >= 11 is 0. The molecule has 0 spiro atoms. The highest BCUT2D eigenvalue weighted by atomic mass is 19.1. The molecule has 94 valence electrons. The maximum Gasteiger partial charge on any atom is 0.486 e. The van der Waals surface area contributed by atoms with Gasteiger partial charge >= 0.3 is 7.12 Å². The molecule has 2 rings (SSSR count). The number of halogens is 1. The summed E-state index contributed by atoms with van der Waals surface area (Å²) in [5.74, 6) is -0.373. The van der Waals surface area contributed by atoms with Crippen molar-refractivity contribution >= 4 is 7.12 Å². The standard InChI is InChI=1S/C12H19BFNO2/c1-12(15-7-3-2-4-8-15)6-5-10(14)9-11(12)13(16)17/h5,9,16-17H,2-4,6-8H2,1H3. The van der Waals surface area contributed by atoms with Crippen LogP contribution >= 0.6 is 0 Å². The Balaban J connectivity index is 2.26. The Kier molecular flexibility index (Phi) is 3.71. The molecule has 3 nitrogen and oxygen atoms in total. The lowest BCUT2D eigenvalue weighted by atomic mass is 9.64. The second-order valence-corrected chi connectivity index (χ2v) is 5.09. The van der Waals surface area contributed by atoms with E-state index in [1.165, 1.54) is 18.6 Å². The summed E-state index contributed by atoms with van der Waals surface area (Å²) in [4.78, 5) is 2.24. The Labute approximate surface area is 102 Å². The van der Waals surface area contributed by atoms with Crippen LogP contribution in [0.15, 0.2) is 23.5 Å². The van der Waals surface area contributed by atoms with E-state index >= 15 is 0 Å². The van der Waals surface area contributed by atoms with Crippen molar-refractivity contribution < 1.29 is 14.4 Å². The molecule has 1 aliphatic carbocycles. The van der Waals surface area contributed by atoms with Crippen LogP contribution < -0.4 is 0 Å². The maximum absolute atomic E-state index is 13.2. The SMILES string of the molecule is CC1(N2CCCCC2)CC=C(F)C=C1B(O)O. The highest BCUT2D eigenvalue weighted by Gasteiger charge is 2.41. The van der Waals surface area contributed by atoms with Crippen LogP contribution in [-0.2, 0) is 0 Å². The first-order valence-corrected chi connectivity index (χ1v) is 6.23. The van der Waals surface area contributed by atoms with E-state index in [0.29, 0.717) is 11.9 Å². The topological polar surface area (TPSA) is 43.7 Å². The molecule has 1 unspecified atom stereocenters. The smallest absolute Gasteiger partial charge is 0.423 e. The predicted octanol–water partition coefficient (Wildman–Crippen LogP) is 1.43. The molecule has 1 aliphatic heterocycles. The predicted molar refractivity (Wildman–Crippen MR) is 65.9 cm³/mol. The van der Waals surface area contributed by atoms with Gasteiger partial charge in [0.25, 0.3) is 0 Å². The number of likely N-dealkylation sites (tertiary alicyclic amines) is 1. The first-order chi connectivity index (χ1) is 8.04. The van der Waals surface area contributed by atoms with Gasteiger partial charge in [0.05, 0.1) is 0 Å². The Morgan fingerprint density at radius 1 is 1.29 bits per heavy atom. The first-order valence-electron chi connectivity index (χ1n) is 6.23. The second kappa shape index (κ2) is 4.92. The van der Waals surface area contributed by atoms with Crippen LogP contribution in [-0.4, -0.2) is 40.7 Å². The van der Waals surface area contributed by atoms with E-state index in [4.69, 9.17) is 0 Å². The van der Waals surface area contributed by atoms with Gasteiger partial charge in [-0.2, -0.15) is 0 Å². The maximum atomic E-state index is 13.2. The molecule has 1 saturated heterocycles. The summed E-state index contributed by atoms with van der Waals surface area (Å²) < 4.78 is 13.2. The Hall–Kier alpha value is -0.645. The van der Waals surface area contributed by atoms with Gasteiger partial charge < -0.3 is 10.0 Å². The van der Waals surface area contributed by atoms with E-state index in [1.807, 2.05) is 6.92 Å². The summed E-state index contributed by atoms with van der Waals surface area (Å²) in [7, 11) is -1.58. The van der Waals surface area contributed by atoms with E-state index in [9.17, 15) is 14.4 Å². The molecule has 1 fully saturated rings. The molecule has 2 aliphatic rings. The monoisotopic (exact) mass is 239 g/mol. The molecule has 2 N–H and O–H groups in total. The van der Waals surface area contributed by atoms with E-state index < -0.39 is 12.7 Å². The molecule has 0 saturated carbocycles. The van der Waals surface area contributed by atoms with Gasteiger partial charge in [0, 0.05) is 5.54 Å². The van der Waals surface area contributed by atoms with Gasteiger partial charge in [-0.15, -0.1) is 0 Å². The first kappa shape index (κ1) is 12.8. The number of allylic oxidation sites excluding steroid dienone is 2. The average Bonchev–Trinajstić information content (AvgIpc) is 2.33. The number of hydrogen-bond donors (Lipinski definition) is 2. The fourth-order valence-electron chi connectivity index (χ4n) is 2.83. The molecule has 1 heterocycles. The van der Waals surface area contributed by atoms with E-state index in [0.717, 1.165) is 25.9 Å². The van der Waals surface area contributed by atoms with Crippen molar-refractivity contribution in [3.63, 3.8) is 0 Å². The molecule has 0 amide bonds. The minimum absolute atomic E-state index is 0.373. The molecule has 0 aromatic rings. The normalized spacial score (nSPS) is 30.8. The fourth-order valence-corrected chi connectivity index (χ4v) is 2.83. The van der Waals surface area contributed by atoms with Gasteiger partial charge in [-0.05, 0) is 56.9 Å². The van der Waals surface area contributed by atoms with Crippen LogP contribution in [0.25, 0.3) is 0 Å². The van der Waals surface area contributed by atoms with Crippen LogP contribution in [0.5, 0.6) is 0 Å². The van der Waals surface area contributed by atoms with Gasteiger partial charge in [0.1, 0.15) is 5.83 Å². The lowest BCUT2D eigenvalue weighted by Crippen LogP contribution is -2.53. The number of hydrogen-bond acceptors (Lipinski definition) is 3. The summed E-state index contributed by atoms with van der Waals surface area (Å²) in [6, 6.07) is 0. The lowest BCUT2D eigenvalue weighted by molar-refractivity contribution is 0.111. The zero-order chi connectivity index (χ0) is 12.5. The highest BCUT2D eigenvalue weighted by Crippen LogP contribution is 2.36. The molecular formula is C12H19BFNO2. The highest BCUT2D eigenvalue weighted by molar-refractivity contribution is 6.51. The van der Waals surface area contributed by atoms with Gasteiger partial charge in [0.15, 0.2) is 0 Å². The minimum Gasteiger partial charge on any atom is -0.423 e. The molecule has 0 bridgehead atoms. The van der Waals surface area contributed by atoms with Crippen molar-refractivity contribution in [2.24, 2.45) is 0 Å². The second-order valence-electron chi connectivity index (χ2n) is 5.09.